The van der Waals surface area contributed by atoms with Crippen molar-refractivity contribution in [1.82, 2.24) is 0 Å². The van der Waals surface area contributed by atoms with Crippen molar-refractivity contribution in [2.45, 2.75) is 30.9 Å². The molecule has 0 saturated carbocycles. The minimum atomic E-state index is 0.328. The molecule has 1 unspecified atom stereocenters. The molecule has 0 aromatic heterocycles. The van der Waals surface area contributed by atoms with Gasteiger partial charge < -0.3 is 5.32 Å². The summed E-state index contributed by atoms with van der Waals surface area (Å²) < 4.78 is 0. The molecule has 1 aromatic carbocycles. The number of hydrogen-bond acceptors (Lipinski definition) is 2. The molecule has 1 aliphatic heterocycles. The molecule has 1 heterocycles. The zero-order valence-electron chi connectivity index (χ0n) is 9.30. The molecule has 0 saturated heterocycles. The Balaban J connectivity index is 2.24. The summed E-state index contributed by atoms with van der Waals surface area (Å²) in [4.78, 5) is 1.31. The van der Waals surface area contributed by atoms with E-state index in [1.807, 2.05) is 23.9 Å². The number of halogens is 1. The molecule has 3 heteroatoms. The molecular formula is C12H16ClNS. The summed E-state index contributed by atoms with van der Waals surface area (Å²) in [5.74, 6) is 0. The molecule has 2 rings (SSSR count). The van der Waals surface area contributed by atoms with E-state index in [1.54, 1.807) is 0 Å². The first-order chi connectivity index (χ1) is 6.97. The monoisotopic (exact) mass is 241 g/mol. The van der Waals surface area contributed by atoms with Gasteiger partial charge in [0.25, 0.3) is 0 Å². The van der Waals surface area contributed by atoms with Crippen LogP contribution < -0.4 is 5.32 Å². The average molecular weight is 242 g/mol. The number of benzene rings is 1. The van der Waals surface area contributed by atoms with Crippen LogP contribution in [0.5, 0.6) is 0 Å². The van der Waals surface area contributed by atoms with Gasteiger partial charge in [0, 0.05) is 27.4 Å². The van der Waals surface area contributed by atoms with Gasteiger partial charge in [0.1, 0.15) is 0 Å². The van der Waals surface area contributed by atoms with Crippen LogP contribution in [-0.4, -0.2) is 11.8 Å². The standard InChI is InChI=1S/C12H16ClNS/c1-12(2,3)11-7-14-9-6-8(13)4-5-10(9)15-11/h4-6,11,14H,7H2,1-3H3. The highest BCUT2D eigenvalue weighted by Gasteiger charge is 2.29. The van der Waals surface area contributed by atoms with Gasteiger partial charge in [-0.25, -0.2) is 0 Å². The minimum absolute atomic E-state index is 0.328. The van der Waals surface area contributed by atoms with E-state index in [0.717, 1.165) is 11.6 Å². The van der Waals surface area contributed by atoms with Gasteiger partial charge in [-0.1, -0.05) is 32.4 Å². The van der Waals surface area contributed by atoms with Gasteiger partial charge in [0.05, 0.1) is 0 Å². The van der Waals surface area contributed by atoms with Crippen LogP contribution in [0.2, 0.25) is 5.02 Å². The van der Waals surface area contributed by atoms with Crippen LogP contribution in [0.25, 0.3) is 0 Å². The summed E-state index contributed by atoms with van der Waals surface area (Å²) in [5.41, 5.74) is 1.50. The summed E-state index contributed by atoms with van der Waals surface area (Å²) in [6.07, 6.45) is 0. The van der Waals surface area contributed by atoms with Crippen LogP contribution in [-0.2, 0) is 0 Å². The molecule has 0 aliphatic carbocycles. The maximum atomic E-state index is 5.95. The van der Waals surface area contributed by atoms with Crippen molar-refractivity contribution in [3.63, 3.8) is 0 Å². The third-order valence-electron chi connectivity index (χ3n) is 2.65. The quantitative estimate of drug-likeness (QED) is 0.728. The Hall–Kier alpha value is -0.340. The number of thioether (sulfide) groups is 1. The Kier molecular flexibility index (Phi) is 2.91. The molecular weight excluding hydrogens is 226 g/mol. The topological polar surface area (TPSA) is 12.0 Å². The van der Waals surface area contributed by atoms with Gasteiger partial charge >= 0.3 is 0 Å². The van der Waals surface area contributed by atoms with Crippen LogP contribution in [0.15, 0.2) is 23.1 Å². The Labute approximate surface area is 101 Å². The molecule has 1 aliphatic rings. The number of hydrogen-bond donors (Lipinski definition) is 1. The van der Waals surface area contributed by atoms with Gasteiger partial charge in [0.2, 0.25) is 0 Å². The fraction of sp³-hybridized carbons (Fsp3) is 0.500. The summed E-state index contributed by atoms with van der Waals surface area (Å²) in [6.45, 7) is 7.87. The van der Waals surface area contributed by atoms with Crippen molar-refractivity contribution in [1.29, 1.82) is 0 Å². The second-order valence-electron chi connectivity index (χ2n) is 4.99. The highest BCUT2D eigenvalue weighted by Crippen LogP contribution is 2.42. The van der Waals surface area contributed by atoms with E-state index >= 15 is 0 Å². The van der Waals surface area contributed by atoms with E-state index in [2.05, 4.69) is 32.2 Å². The normalized spacial score (nSPS) is 20.7. The van der Waals surface area contributed by atoms with E-state index in [4.69, 9.17) is 11.6 Å². The maximum absolute atomic E-state index is 5.95. The first-order valence-corrected chi connectivity index (χ1v) is 6.42. The second-order valence-corrected chi connectivity index (χ2v) is 6.67. The van der Waals surface area contributed by atoms with Crippen LogP contribution in [0.1, 0.15) is 20.8 Å². The number of anilines is 1. The van der Waals surface area contributed by atoms with Gasteiger partial charge in [-0.05, 0) is 23.6 Å². The second kappa shape index (κ2) is 3.91. The van der Waals surface area contributed by atoms with Crippen molar-refractivity contribution >= 4 is 29.1 Å². The molecule has 15 heavy (non-hydrogen) atoms. The molecule has 0 bridgehead atoms. The Morgan fingerprint density at radius 1 is 1.40 bits per heavy atom. The highest BCUT2D eigenvalue weighted by atomic mass is 35.5. The van der Waals surface area contributed by atoms with Crippen LogP contribution >= 0.6 is 23.4 Å². The molecule has 0 fully saturated rings. The van der Waals surface area contributed by atoms with Crippen molar-refractivity contribution in [3.05, 3.63) is 23.2 Å². The van der Waals surface area contributed by atoms with E-state index < -0.39 is 0 Å². The predicted octanol–water partition coefficient (Wildman–Crippen LogP) is 4.27. The van der Waals surface area contributed by atoms with Crippen molar-refractivity contribution in [2.24, 2.45) is 5.41 Å². The minimum Gasteiger partial charge on any atom is -0.383 e. The number of nitrogens with one attached hydrogen (secondary N) is 1. The van der Waals surface area contributed by atoms with Gasteiger partial charge in [-0.2, -0.15) is 0 Å². The summed E-state index contributed by atoms with van der Waals surface area (Å²) in [6, 6.07) is 6.07. The summed E-state index contributed by atoms with van der Waals surface area (Å²) in [7, 11) is 0. The lowest BCUT2D eigenvalue weighted by molar-refractivity contribution is 0.401. The SMILES string of the molecule is CC(C)(C)C1CNc2cc(Cl)ccc2S1. The third-order valence-corrected chi connectivity index (χ3v) is 4.66. The Bertz CT molecular complexity index is 370. The van der Waals surface area contributed by atoms with Gasteiger partial charge in [-0.3, -0.25) is 0 Å². The molecule has 82 valence electrons. The highest BCUT2D eigenvalue weighted by molar-refractivity contribution is 8.00. The van der Waals surface area contributed by atoms with Gasteiger partial charge in [-0.15, -0.1) is 11.8 Å². The smallest absolute Gasteiger partial charge is 0.0493 e. The Morgan fingerprint density at radius 2 is 2.13 bits per heavy atom. The molecule has 0 spiro atoms. The number of rotatable bonds is 0. The lowest BCUT2D eigenvalue weighted by atomic mass is 9.91. The van der Waals surface area contributed by atoms with Gasteiger partial charge in [0.15, 0.2) is 0 Å². The molecule has 1 atom stereocenters. The summed E-state index contributed by atoms with van der Waals surface area (Å²) >= 11 is 7.91. The first kappa shape index (κ1) is 11.2. The fourth-order valence-corrected chi connectivity index (χ4v) is 3.03. The van der Waals surface area contributed by atoms with Crippen molar-refractivity contribution in [3.8, 4) is 0 Å². The zero-order valence-corrected chi connectivity index (χ0v) is 10.9. The first-order valence-electron chi connectivity index (χ1n) is 5.17. The van der Waals surface area contributed by atoms with E-state index in [-0.39, 0.29) is 0 Å². The molecule has 0 amide bonds. The van der Waals surface area contributed by atoms with Crippen molar-refractivity contribution in [2.75, 3.05) is 11.9 Å². The van der Waals surface area contributed by atoms with E-state index in [0.29, 0.717) is 10.7 Å². The lowest BCUT2D eigenvalue weighted by Crippen LogP contribution is -2.32. The van der Waals surface area contributed by atoms with Crippen LogP contribution in [0.3, 0.4) is 0 Å². The lowest BCUT2D eigenvalue weighted by Gasteiger charge is -2.34. The molecule has 1 aromatic rings. The summed E-state index contributed by atoms with van der Waals surface area (Å²) in [5, 5.41) is 4.87. The zero-order chi connectivity index (χ0) is 11.1. The predicted molar refractivity (Wildman–Crippen MR) is 69.0 cm³/mol. The van der Waals surface area contributed by atoms with E-state index in [9.17, 15) is 0 Å². The molecule has 0 radical (unpaired) electrons. The average Bonchev–Trinajstić information content (AvgIpc) is 2.15. The third kappa shape index (κ3) is 2.43. The van der Waals surface area contributed by atoms with Crippen LogP contribution in [0.4, 0.5) is 5.69 Å². The van der Waals surface area contributed by atoms with E-state index in [1.165, 1.54) is 10.6 Å². The Morgan fingerprint density at radius 3 is 2.80 bits per heavy atom. The largest absolute Gasteiger partial charge is 0.383 e. The fourth-order valence-electron chi connectivity index (χ4n) is 1.62. The molecule has 1 N–H and O–H groups in total. The van der Waals surface area contributed by atoms with Crippen molar-refractivity contribution < 1.29 is 0 Å². The maximum Gasteiger partial charge on any atom is 0.0493 e. The number of fused-ring (bicyclic) bond motifs is 1. The van der Waals surface area contributed by atoms with Crippen LogP contribution in [0, 0.1) is 5.41 Å². The molecule has 1 nitrogen and oxygen atoms in total.